The fourth-order valence-electron chi connectivity index (χ4n) is 4.97. The molecule has 0 aromatic heterocycles. The number of Topliss-reactive ketones (excluding diaryl/α,β-unsaturated/α-hetero) is 1. The van der Waals surface area contributed by atoms with E-state index in [2.05, 4.69) is 27.5 Å². The molecule has 0 heterocycles. The summed E-state index contributed by atoms with van der Waals surface area (Å²) >= 11 is 3.43. The third-order valence-electron chi connectivity index (χ3n) is 6.84. The first-order chi connectivity index (χ1) is 16.4. The smallest absolute Gasteiger partial charge is 0.219 e. The molecule has 2 aromatic carbocycles. The van der Waals surface area contributed by atoms with Crippen molar-refractivity contribution in [1.82, 2.24) is 0 Å². The van der Waals surface area contributed by atoms with Crippen molar-refractivity contribution in [3.63, 3.8) is 0 Å². The van der Waals surface area contributed by atoms with Gasteiger partial charge in [0.2, 0.25) is 5.90 Å². The Morgan fingerprint density at radius 3 is 2.56 bits per heavy atom. The van der Waals surface area contributed by atoms with Crippen LogP contribution in [0.5, 0.6) is 5.75 Å². The van der Waals surface area contributed by atoms with Crippen LogP contribution in [-0.4, -0.2) is 16.8 Å². The van der Waals surface area contributed by atoms with E-state index < -0.39 is 0 Å². The minimum atomic E-state index is 0.0245. The molecule has 0 radical (unpaired) electrons. The van der Waals surface area contributed by atoms with Crippen LogP contribution in [-0.2, 0) is 11.2 Å². The molecule has 0 unspecified atom stereocenters. The number of nitrogen functional groups attached to an aromatic ring is 1. The summed E-state index contributed by atoms with van der Waals surface area (Å²) in [7, 11) is 0. The molecule has 0 amide bonds. The van der Waals surface area contributed by atoms with Gasteiger partial charge >= 0.3 is 0 Å². The van der Waals surface area contributed by atoms with E-state index in [-0.39, 0.29) is 17.4 Å². The lowest BCUT2D eigenvalue weighted by Gasteiger charge is -2.26. The second-order valence-corrected chi connectivity index (χ2v) is 10.1. The fraction of sp³-hybridized carbons (Fsp3) is 0.357. The molecule has 0 spiro atoms. The topological polar surface area (TPSA) is 84.9 Å². The Bertz CT molecular complexity index is 1160. The van der Waals surface area contributed by atoms with Gasteiger partial charge in [-0.3, -0.25) is 4.79 Å². The van der Waals surface area contributed by atoms with Crippen LogP contribution in [0.2, 0.25) is 0 Å². The van der Waals surface area contributed by atoms with Gasteiger partial charge in [0.25, 0.3) is 0 Å². The molecule has 6 heteroatoms. The van der Waals surface area contributed by atoms with Crippen LogP contribution < -0.4 is 10.5 Å². The van der Waals surface area contributed by atoms with Gasteiger partial charge in [0.05, 0.1) is 16.9 Å². The molecule has 3 aliphatic rings. The van der Waals surface area contributed by atoms with Crippen molar-refractivity contribution in [1.29, 1.82) is 0 Å². The van der Waals surface area contributed by atoms with Crippen LogP contribution in [0.1, 0.15) is 56.6 Å². The Kier molecular flexibility index (Phi) is 7.57. The van der Waals surface area contributed by atoms with Gasteiger partial charge in [-0.25, -0.2) is 4.99 Å². The van der Waals surface area contributed by atoms with Gasteiger partial charge in [0, 0.05) is 17.3 Å². The lowest BCUT2D eigenvalue weighted by molar-refractivity contribution is -0.114. The van der Waals surface area contributed by atoms with E-state index in [9.17, 15) is 9.90 Å². The Hall–Kier alpha value is -2.86. The van der Waals surface area contributed by atoms with Gasteiger partial charge in [0.1, 0.15) is 11.5 Å². The number of anilines is 1. The first-order valence-electron chi connectivity index (χ1n) is 11.9. The number of benzene rings is 2. The zero-order valence-electron chi connectivity index (χ0n) is 19.5. The van der Waals surface area contributed by atoms with Crippen molar-refractivity contribution in [2.75, 3.05) is 5.73 Å². The molecule has 0 saturated heterocycles. The van der Waals surface area contributed by atoms with E-state index in [1.54, 1.807) is 12.1 Å². The molecule has 1 saturated carbocycles. The number of aliphatic hydroxyl groups is 1. The average Bonchev–Trinajstić information content (AvgIpc) is 2.91. The maximum absolute atomic E-state index is 13.4. The fourth-order valence-corrected chi connectivity index (χ4v) is 5.32. The number of ketones is 1. The third kappa shape index (κ3) is 5.44. The maximum atomic E-state index is 13.4. The normalized spacial score (nSPS) is 21.1. The largest absolute Gasteiger partial charge is 0.512 e. The van der Waals surface area contributed by atoms with Gasteiger partial charge in [-0.2, -0.15) is 0 Å². The Morgan fingerprint density at radius 1 is 1.18 bits per heavy atom. The lowest BCUT2D eigenvalue weighted by atomic mass is 9.79. The number of hydrogen-bond acceptors (Lipinski definition) is 5. The van der Waals surface area contributed by atoms with E-state index in [1.165, 1.54) is 6.08 Å². The van der Waals surface area contributed by atoms with E-state index in [1.807, 2.05) is 31.2 Å². The lowest BCUT2D eigenvalue weighted by Crippen LogP contribution is -2.15. The number of nitrogens with two attached hydrogens (primary N) is 1. The van der Waals surface area contributed by atoms with E-state index >= 15 is 0 Å². The summed E-state index contributed by atoms with van der Waals surface area (Å²) in [5, 5.41) is 11.1. The van der Waals surface area contributed by atoms with Crippen LogP contribution >= 0.6 is 15.9 Å². The maximum Gasteiger partial charge on any atom is 0.219 e. The minimum absolute atomic E-state index is 0.0245. The molecular weight excluding hydrogens is 492 g/mol. The minimum Gasteiger partial charge on any atom is -0.512 e. The van der Waals surface area contributed by atoms with Crippen molar-refractivity contribution in [3.05, 3.63) is 70.4 Å². The average molecular weight is 523 g/mol. The number of fused-ring (bicyclic) bond motifs is 5. The highest BCUT2D eigenvalue weighted by molar-refractivity contribution is 9.10. The summed E-state index contributed by atoms with van der Waals surface area (Å²) < 4.78 is 6.90. The second kappa shape index (κ2) is 10.6. The van der Waals surface area contributed by atoms with Gasteiger partial charge in [-0.1, -0.05) is 35.5 Å². The Balaban J connectivity index is 1.71. The van der Waals surface area contributed by atoms with Crippen molar-refractivity contribution in [3.8, 4) is 5.75 Å². The summed E-state index contributed by atoms with van der Waals surface area (Å²) in [6, 6.07) is 11.1. The number of hydrogen-bond donors (Lipinski definition) is 2. The van der Waals surface area contributed by atoms with Gasteiger partial charge in [0.15, 0.2) is 5.78 Å². The van der Waals surface area contributed by atoms with Crippen molar-refractivity contribution in [2.24, 2.45) is 16.8 Å². The predicted octanol–water partition coefficient (Wildman–Crippen LogP) is 7.33. The van der Waals surface area contributed by atoms with Crippen LogP contribution in [0, 0.1) is 11.8 Å². The highest BCUT2D eigenvalue weighted by Gasteiger charge is 2.31. The summed E-state index contributed by atoms with van der Waals surface area (Å²) in [4.78, 5) is 17.9. The zero-order chi connectivity index (χ0) is 24.2. The predicted molar refractivity (Wildman–Crippen MR) is 142 cm³/mol. The number of nitrogens with zero attached hydrogens (tertiary/aromatic N) is 1. The summed E-state index contributed by atoms with van der Waals surface area (Å²) in [5.74, 6) is 1.90. The van der Waals surface area contributed by atoms with Crippen LogP contribution in [0.4, 0.5) is 11.4 Å². The Labute approximate surface area is 209 Å². The standard InChI is InChI=1S/C28H31BrN2O3/c1-3-19-9-11-21(34-27(4-2)31-24-15-20(29)10-12-23(24)30)16-22(19)28-25(32)13-17-5-6-18(8-7-17)14-26(28)33/h4,9-12,15-18,32H,2-3,5-8,13-14,30H2,1H3. The molecule has 3 aliphatic carbocycles. The highest BCUT2D eigenvalue weighted by Crippen LogP contribution is 2.40. The number of allylic oxidation sites excluding steroid dienone is 2. The third-order valence-corrected chi connectivity index (χ3v) is 7.33. The first kappa shape index (κ1) is 24.3. The van der Waals surface area contributed by atoms with Crippen molar-refractivity contribution in [2.45, 2.75) is 51.9 Å². The van der Waals surface area contributed by atoms with Gasteiger partial charge < -0.3 is 15.6 Å². The molecule has 5 rings (SSSR count). The molecule has 1 fully saturated rings. The molecule has 178 valence electrons. The monoisotopic (exact) mass is 522 g/mol. The molecule has 2 aromatic rings. The van der Waals surface area contributed by atoms with E-state index in [4.69, 9.17) is 10.5 Å². The molecule has 0 aliphatic heterocycles. The summed E-state index contributed by atoms with van der Waals surface area (Å²) in [6.45, 7) is 5.87. The molecule has 5 nitrogen and oxygen atoms in total. The number of carbonyl (C=O) groups excluding carboxylic acids is 1. The number of carbonyl (C=O) groups is 1. The molecule has 2 bridgehead atoms. The van der Waals surface area contributed by atoms with Gasteiger partial charge in [-0.15, -0.1) is 0 Å². The van der Waals surface area contributed by atoms with E-state index in [0.717, 1.165) is 47.7 Å². The van der Waals surface area contributed by atoms with Crippen LogP contribution in [0.15, 0.2) is 64.3 Å². The zero-order valence-corrected chi connectivity index (χ0v) is 21.1. The number of ether oxygens (including phenoxy) is 1. The second-order valence-electron chi connectivity index (χ2n) is 9.17. The quantitative estimate of drug-likeness (QED) is 0.244. The molecule has 0 atom stereocenters. The summed E-state index contributed by atoms with van der Waals surface area (Å²) in [5.41, 5.74) is 9.34. The van der Waals surface area contributed by atoms with Crippen LogP contribution in [0.3, 0.4) is 0 Å². The van der Waals surface area contributed by atoms with Gasteiger partial charge in [-0.05, 0) is 91.5 Å². The number of aliphatic hydroxyl groups excluding tert-OH is 1. The number of aliphatic imine (C=N–C) groups is 1. The van der Waals surface area contributed by atoms with E-state index in [0.29, 0.717) is 47.4 Å². The highest BCUT2D eigenvalue weighted by atomic mass is 79.9. The molecule has 34 heavy (non-hydrogen) atoms. The van der Waals surface area contributed by atoms with Crippen molar-refractivity contribution < 1.29 is 14.6 Å². The summed E-state index contributed by atoms with van der Waals surface area (Å²) in [6.07, 6.45) is 7.60. The van der Waals surface area contributed by atoms with Crippen LogP contribution in [0.25, 0.3) is 5.57 Å². The number of rotatable bonds is 5. The SMILES string of the molecule is C=CC(=Nc1cc(Br)ccc1N)Oc1ccc(CC)c(C2=C(O)CC3CCC(CC3)CC2=O)c1. The molecule has 3 N–H and O–H groups in total. The van der Waals surface area contributed by atoms with Crippen molar-refractivity contribution >= 4 is 44.6 Å². The number of aryl methyl sites for hydroxylation is 1. The first-order valence-corrected chi connectivity index (χ1v) is 12.7. The molecular formula is C28H31BrN2O3. The number of halogens is 1. The Morgan fingerprint density at radius 2 is 1.88 bits per heavy atom.